The molecule has 9 nitrogen and oxygen atoms in total. The lowest BCUT2D eigenvalue weighted by atomic mass is 10.2. The van der Waals surface area contributed by atoms with Crippen LogP contribution in [0.4, 0.5) is 4.79 Å². The summed E-state index contributed by atoms with van der Waals surface area (Å²) in [6, 6.07) is 24.7. The summed E-state index contributed by atoms with van der Waals surface area (Å²) in [7, 11) is 0. The Morgan fingerprint density at radius 2 is 1.08 bits per heavy atom. The van der Waals surface area contributed by atoms with E-state index >= 15 is 0 Å². The molecule has 2 N–H and O–H groups in total. The van der Waals surface area contributed by atoms with Crippen molar-refractivity contribution in [2.24, 2.45) is 0 Å². The van der Waals surface area contributed by atoms with Crippen molar-refractivity contribution < 1.29 is 33.4 Å². The zero-order valence-electron chi connectivity index (χ0n) is 21.0. The number of carbonyl (C=O) groups is 4. The lowest BCUT2D eigenvalue weighted by Crippen LogP contribution is -2.51. The van der Waals surface area contributed by atoms with E-state index in [2.05, 4.69) is 10.6 Å². The SMILES string of the molecule is C[C@H](NC(=O)OCc1ccccc1)C(=O)N[C@H](CC(=O)OCc1ccccc1)C(=O)OCc1ccccc1. The summed E-state index contributed by atoms with van der Waals surface area (Å²) in [6.45, 7) is 1.44. The van der Waals surface area contributed by atoms with Gasteiger partial charge in [-0.3, -0.25) is 9.59 Å². The van der Waals surface area contributed by atoms with E-state index in [1.54, 1.807) is 48.5 Å². The minimum Gasteiger partial charge on any atom is -0.461 e. The highest BCUT2D eigenvalue weighted by atomic mass is 16.6. The van der Waals surface area contributed by atoms with E-state index in [0.717, 1.165) is 16.7 Å². The fourth-order valence-electron chi connectivity index (χ4n) is 3.29. The number of amides is 2. The van der Waals surface area contributed by atoms with Crippen molar-refractivity contribution in [2.75, 3.05) is 0 Å². The maximum absolute atomic E-state index is 12.8. The van der Waals surface area contributed by atoms with Crippen molar-refractivity contribution in [1.82, 2.24) is 10.6 Å². The van der Waals surface area contributed by atoms with Crippen LogP contribution in [-0.4, -0.2) is 36.0 Å². The number of benzene rings is 3. The number of alkyl carbamates (subject to hydrolysis) is 1. The van der Waals surface area contributed by atoms with Gasteiger partial charge in [0.15, 0.2) is 0 Å². The molecule has 3 aromatic rings. The molecule has 3 rings (SSSR count). The van der Waals surface area contributed by atoms with Crippen LogP contribution in [0.5, 0.6) is 0 Å². The van der Waals surface area contributed by atoms with Gasteiger partial charge in [0, 0.05) is 0 Å². The number of hydrogen-bond acceptors (Lipinski definition) is 7. The normalized spacial score (nSPS) is 11.9. The average molecular weight is 519 g/mol. The molecule has 38 heavy (non-hydrogen) atoms. The summed E-state index contributed by atoms with van der Waals surface area (Å²) in [5.74, 6) is -2.20. The molecule has 198 valence electrons. The third-order valence-corrected chi connectivity index (χ3v) is 5.38. The van der Waals surface area contributed by atoms with Crippen LogP contribution in [0.15, 0.2) is 91.0 Å². The standard InChI is InChI=1S/C29H30N2O7/c1-21(30-29(35)38-20-24-15-9-4-10-16-24)27(33)31-25(28(34)37-19-23-13-7-3-8-14-23)17-26(32)36-18-22-11-5-2-6-12-22/h2-16,21,25H,17-20H2,1H3,(H,30,35)(H,31,33)/t21-,25+/m0/s1. The Labute approximate surface area is 221 Å². The van der Waals surface area contributed by atoms with Gasteiger partial charge in [-0.2, -0.15) is 0 Å². The molecule has 2 amide bonds. The summed E-state index contributed by atoms with van der Waals surface area (Å²) in [5.41, 5.74) is 2.31. The Morgan fingerprint density at radius 3 is 1.58 bits per heavy atom. The first kappa shape index (κ1) is 27.9. The predicted molar refractivity (Wildman–Crippen MR) is 138 cm³/mol. The number of carbonyl (C=O) groups excluding carboxylic acids is 4. The Balaban J connectivity index is 1.56. The number of hydrogen-bond donors (Lipinski definition) is 2. The lowest BCUT2D eigenvalue weighted by Gasteiger charge is -2.20. The molecule has 0 aliphatic heterocycles. The van der Waals surface area contributed by atoms with Crippen molar-refractivity contribution in [3.05, 3.63) is 108 Å². The third kappa shape index (κ3) is 9.77. The maximum atomic E-state index is 12.8. The zero-order valence-corrected chi connectivity index (χ0v) is 21.0. The molecule has 0 radical (unpaired) electrons. The Bertz CT molecular complexity index is 1190. The predicted octanol–water partition coefficient (Wildman–Crippen LogP) is 3.66. The molecule has 0 bridgehead atoms. The molecule has 3 aromatic carbocycles. The summed E-state index contributed by atoms with van der Waals surface area (Å²) in [4.78, 5) is 50.2. The second-order valence-corrected chi connectivity index (χ2v) is 8.43. The summed E-state index contributed by atoms with van der Waals surface area (Å²) in [6.07, 6.45) is -1.25. The molecule has 0 spiro atoms. The number of rotatable bonds is 12. The number of ether oxygens (including phenoxy) is 3. The van der Waals surface area contributed by atoms with E-state index in [9.17, 15) is 19.2 Å². The second kappa shape index (κ2) is 14.8. The van der Waals surface area contributed by atoms with E-state index in [0.29, 0.717) is 0 Å². The molecule has 0 aliphatic rings. The van der Waals surface area contributed by atoms with Gasteiger partial charge in [-0.25, -0.2) is 9.59 Å². The van der Waals surface area contributed by atoms with Gasteiger partial charge in [-0.05, 0) is 23.6 Å². The van der Waals surface area contributed by atoms with Crippen molar-refractivity contribution >= 4 is 23.9 Å². The molecule has 0 heterocycles. The molecule has 0 aromatic heterocycles. The Morgan fingerprint density at radius 1 is 0.632 bits per heavy atom. The first-order valence-electron chi connectivity index (χ1n) is 12.1. The van der Waals surface area contributed by atoms with Gasteiger partial charge in [0.05, 0.1) is 6.42 Å². The smallest absolute Gasteiger partial charge is 0.408 e. The molecule has 0 unspecified atom stereocenters. The van der Waals surface area contributed by atoms with Gasteiger partial charge in [0.1, 0.15) is 31.9 Å². The summed E-state index contributed by atoms with van der Waals surface area (Å²) >= 11 is 0. The van der Waals surface area contributed by atoms with Crippen LogP contribution in [-0.2, 0) is 48.4 Å². The molecule has 0 fully saturated rings. The van der Waals surface area contributed by atoms with Gasteiger partial charge < -0.3 is 24.8 Å². The quantitative estimate of drug-likeness (QED) is 0.277. The molecular weight excluding hydrogens is 488 g/mol. The maximum Gasteiger partial charge on any atom is 0.408 e. The van der Waals surface area contributed by atoms with Crippen molar-refractivity contribution in [2.45, 2.75) is 45.2 Å². The van der Waals surface area contributed by atoms with Crippen LogP contribution < -0.4 is 10.6 Å². The van der Waals surface area contributed by atoms with Crippen LogP contribution in [0.3, 0.4) is 0 Å². The Hall–Kier alpha value is -4.66. The second-order valence-electron chi connectivity index (χ2n) is 8.43. The van der Waals surface area contributed by atoms with Crippen LogP contribution >= 0.6 is 0 Å². The summed E-state index contributed by atoms with van der Waals surface area (Å²) in [5, 5.41) is 4.89. The monoisotopic (exact) mass is 518 g/mol. The molecular formula is C29H30N2O7. The molecule has 0 aliphatic carbocycles. The van der Waals surface area contributed by atoms with E-state index in [1.165, 1.54) is 6.92 Å². The van der Waals surface area contributed by atoms with E-state index in [4.69, 9.17) is 14.2 Å². The summed E-state index contributed by atoms with van der Waals surface area (Å²) < 4.78 is 15.7. The Kier molecular flexibility index (Phi) is 10.9. The van der Waals surface area contributed by atoms with Gasteiger partial charge >= 0.3 is 18.0 Å². The first-order chi connectivity index (χ1) is 18.4. The highest BCUT2D eigenvalue weighted by Crippen LogP contribution is 2.08. The van der Waals surface area contributed by atoms with Gasteiger partial charge in [0.2, 0.25) is 5.91 Å². The van der Waals surface area contributed by atoms with E-state index < -0.39 is 42.4 Å². The molecule has 0 saturated heterocycles. The average Bonchev–Trinajstić information content (AvgIpc) is 2.95. The van der Waals surface area contributed by atoms with Gasteiger partial charge in [0.25, 0.3) is 0 Å². The third-order valence-electron chi connectivity index (χ3n) is 5.38. The van der Waals surface area contributed by atoms with Crippen molar-refractivity contribution in [3.8, 4) is 0 Å². The van der Waals surface area contributed by atoms with Crippen LogP contribution in [0.25, 0.3) is 0 Å². The first-order valence-corrected chi connectivity index (χ1v) is 12.1. The largest absolute Gasteiger partial charge is 0.461 e. The van der Waals surface area contributed by atoms with Crippen LogP contribution in [0.2, 0.25) is 0 Å². The number of nitrogens with one attached hydrogen (secondary N) is 2. The minimum absolute atomic E-state index is 0.0185. The number of esters is 2. The highest BCUT2D eigenvalue weighted by molar-refractivity contribution is 5.91. The van der Waals surface area contributed by atoms with Gasteiger partial charge in [-0.15, -0.1) is 0 Å². The van der Waals surface area contributed by atoms with Crippen molar-refractivity contribution in [1.29, 1.82) is 0 Å². The fraction of sp³-hybridized carbons (Fsp3) is 0.241. The van der Waals surface area contributed by atoms with Gasteiger partial charge in [-0.1, -0.05) is 91.0 Å². The van der Waals surface area contributed by atoms with Crippen LogP contribution in [0, 0.1) is 0 Å². The molecule has 9 heteroatoms. The molecule has 2 atom stereocenters. The zero-order chi connectivity index (χ0) is 27.2. The fourth-order valence-corrected chi connectivity index (χ4v) is 3.29. The van der Waals surface area contributed by atoms with Crippen LogP contribution in [0.1, 0.15) is 30.0 Å². The van der Waals surface area contributed by atoms with E-state index in [-0.39, 0.29) is 19.8 Å². The highest BCUT2D eigenvalue weighted by Gasteiger charge is 2.29. The molecule has 0 saturated carbocycles. The minimum atomic E-state index is -1.32. The van der Waals surface area contributed by atoms with E-state index in [1.807, 2.05) is 42.5 Å². The topological polar surface area (TPSA) is 120 Å². The van der Waals surface area contributed by atoms with Crippen molar-refractivity contribution in [3.63, 3.8) is 0 Å². The lowest BCUT2D eigenvalue weighted by molar-refractivity contribution is -0.155.